The smallest absolute Gasteiger partial charge is 0.321 e. The number of benzene rings is 3. The predicted octanol–water partition coefficient (Wildman–Crippen LogP) is 5.75. The Kier molecular flexibility index (Phi) is 5.95. The van der Waals surface area contributed by atoms with Gasteiger partial charge in [0.1, 0.15) is 0 Å². The number of nitrogens with one attached hydrogen (secondary N) is 1. The topological polar surface area (TPSA) is 58.1 Å². The molecular weight excluding hydrogens is 392 g/mol. The molecule has 1 N–H and O–H groups in total. The highest BCUT2D eigenvalue weighted by Gasteiger charge is 2.13. The van der Waals surface area contributed by atoms with Gasteiger partial charge in [0.15, 0.2) is 5.16 Å². The summed E-state index contributed by atoms with van der Waals surface area (Å²) in [5.74, 6) is 0. The number of hydrogen-bond donors (Lipinski definition) is 1. The van der Waals surface area contributed by atoms with Crippen LogP contribution in [0, 0.1) is 6.92 Å². The molecule has 0 aliphatic carbocycles. The molecule has 150 valence electrons. The summed E-state index contributed by atoms with van der Waals surface area (Å²) in [6, 6.07) is 22.0. The Balaban J connectivity index is 1.44. The van der Waals surface area contributed by atoms with Gasteiger partial charge in [-0.05, 0) is 64.9 Å². The minimum absolute atomic E-state index is 0.141. The van der Waals surface area contributed by atoms with Gasteiger partial charge in [0, 0.05) is 36.6 Å². The Morgan fingerprint density at radius 3 is 2.57 bits per heavy atom. The Morgan fingerprint density at radius 2 is 1.77 bits per heavy atom. The number of fused-ring (bicyclic) bond motifs is 1. The molecule has 1 aromatic heterocycles. The average molecular weight is 415 g/mol. The molecule has 5 nitrogen and oxygen atoms in total. The highest BCUT2D eigenvalue weighted by Crippen LogP contribution is 2.28. The molecule has 3 aromatic carbocycles. The first-order valence-electron chi connectivity index (χ1n) is 9.64. The van der Waals surface area contributed by atoms with E-state index >= 15 is 0 Å². The fraction of sp³-hybridized carbons (Fsp3) is 0.125. The number of anilines is 1. The quantitative estimate of drug-likeness (QED) is 0.422. The van der Waals surface area contributed by atoms with Crippen LogP contribution < -0.4 is 5.32 Å². The highest BCUT2D eigenvalue weighted by molar-refractivity contribution is 7.99. The van der Waals surface area contributed by atoms with Crippen molar-refractivity contribution in [3.63, 3.8) is 0 Å². The zero-order chi connectivity index (χ0) is 20.9. The van der Waals surface area contributed by atoms with Crippen LogP contribution in [0.3, 0.4) is 0 Å². The number of carbonyl (C=O) groups is 1. The number of hydrogen-bond acceptors (Lipinski definition) is 4. The van der Waals surface area contributed by atoms with Crippen LogP contribution in [0.2, 0.25) is 0 Å². The summed E-state index contributed by atoms with van der Waals surface area (Å²) in [6.45, 7) is 2.52. The molecule has 2 amide bonds. The number of rotatable bonds is 5. The molecule has 1 heterocycles. The van der Waals surface area contributed by atoms with Gasteiger partial charge in [-0.15, -0.1) is 0 Å². The van der Waals surface area contributed by atoms with Crippen molar-refractivity contribution in [2.75, 3.05) is 12.4 Å². The zero-order valence-corrected chi connectivity index (χ0v) is 17.7. The number of nitrogens with zero attached hydrogens (tertiary/aromatic N) is 3. The lowest BCUT2D eigenvalue weighted by molar-refractivity contribution is 0.221. The molecule has 0 aliphatic rings. The van der Waals surface area contributed by atoms with Crippen molar-refractivity contribution in [1.29, 1.82) is 0 Å². The molecule has 0 unspecified atom stereocenters. The van der Waals surface area contributed by atoms with Gasteiger partial charge in [0.05, 0.1) is 0 Å². The van der Waals surface area contributed by atoms with Crippen molar-refractivity contribution < 1.29 is 4.79 Å². The van der Waals surface area contributed by atoms with Gasteiger partial charge in [-0.2, -0.15) is 0 Å². The van der Waals surface area contributed by atoms with Gasteiger partial charge in [0.25, 0.3) is 0 Å². The predicted molar refractivity (Wildman–Crippen MR) is 122 cm³/mol. The number of carbonyl (C=O) groups excluding carboxylic acids is 1. The fourth-order valence-electron chi connectivity index (χ4n) is 3.25. The maximum atomic E-state index is 12.8. The van der Waals surface area contributed by atoms with Gasteiger partial charge in [-0.3, -0.25) is 0 Å². The first kappa shape index (κ1) is 19.9. The van der Waals surface area contributed by atoms with Crippen LogP contribution in [0.1, 0.15) is 11.1 Å². The van der Waals surface area contributed by atoms with E-state index in [9.17, 15) is 4.79 Å². The van der Waals surface area contributed by atoms with Gasteiger partial charge in [-0.1, -0.05) is 42.5 Å². The van der Waals surface area contributed by atoms with Crippen molar-refractivity contribution in [2.45, 2.75) is 23.5 Å². The third-order valence-corrected chi connectivity index (χ3v) is 5.71. The lowest BCUT2D eigenvalue weighted by Gasteiger charge is -2.20. The van der Waals surface area contributed by atoms with Crippen molar-refractivity contribution in [2.24, 2.45) is 0 Å². The summed E-state index contributed by atoms with van der Waals surface area (Å²) >= 11 is 1.49. The van der Waals surface area contributed by atoms with Gasteiger partial charge < -0.3 is 10.2 Å². The Labute approximate surface area is 180 Å². The van der Waals surface area contributed by atoms with Crippen LogP contribution in [-0.4, -0.2) is 27.9 Å². The molecule has 0 radical (unpaired) electrons. The van der Waals surface area contributed by atoms with Crippen LogP contribution in [0.5, 0.6) is 0 Å². The third kappa shape index (κ3) is 4.60. The number of urea groups is 1. The second kappa shape index (κ2) is 8.97. The fourth-order valence-corrected chi connectivity index (χ4v) is 4.06. The minimum atomic E-state index is -0.141. The number of amides is 2. The van der Waals surface area contributed by atoms with Crippen molar-refractivity contribution in [1.82, 2.24) is 14.9 Å². The molecule has 4 aromatic rings. The van der Waals surface area contributed by atoms with E-state index in [4.69, 9.17) is 0 Å². The van der Waals surface area contributed by atoms with Crippen LogP contribution >= 0.6 is 11.8 Å². The van der Waals surface area contributed by atoms with E-state index in [1.54, 1.807) is 23.4 Å². The average Bonchev–Trinajstić information content (AvgIpc) is 2.76. The van der Waals surface area contributed by atoms with E-state index < -0.39 is 0 Å². The maximum Gasteiger partial charge on any atom is 0.321 e. The van der Waals surface area contributed by atoms with Crippen LogP contribution in [-0.2, 0) is 6.54 Å². The Hall–Kier alpha value is -3.38. The molecule has 4 rings (SSSR count). The second-order valence-electron chi connectivity index (χ2n) is 7.03. The molecule has 0 aliphatic heterocycles. The van der Waals surface area contributed by atoms with Crippen LogP contribution in [0.4, 0.5) is 10.5 Å². The highest BCUT2D eigenvalue weighted by atomic mass is 32.2. The van der Waals surface area contributed by atoms with E-state index in [2.05, 4.69) is 39.6 Å². The first-order chi connectivity index (χ1) is 14.6. The van der Waals surface area contributed by atoms with E-state index in [-0.39, 0.29) is 6.03 Å². The molecule has 0 fully saturated rings. The van der Waals surface area contributed by atoms with Gasteiger partial charge in [-0.25, -0.2) is 14.8 Å². The summed E-state index contributed by atoms with van der Waals surface area (Å²) < 4.78 is 0. The summed E-state index contributed by atoms with van der Waals surface area (Å²) in [7, 11) is 1.81. The molecular formula is C24H22N4OS. The second-order valence-corrected chi connectivity index (χ2v) is 8.08. The van der Waals surface area contributed by atoms with Crippen molar-refractivity contribution in [3.05, 3.63) is 90.3 Å². The molecule has 0 spiro atoms. The molecule has 0 saturated carbocycles. The van der Waals surface area contributed by atoms with Crippen LogP contribution in [0.15, 0.2) is 89.2 Å². The van der Waals surface area contributed by atoms with E-state index in [0.29, 0.717) is 11.7 Å². The minimum Gasteiger partial charge on any atom is -0.323 e. The van der Waals surface area contributed by atoms with Gasteiger partial charge in [0.2, 0.25) is 0 Å². The van der Waals surface area contributed by atoms with E-state index in [1.807, 2.05) is 50.4 Å². The summed E-state index contributed by atoms with van der Waals surface area (Å²) in [5.41, 5.74) is 2.91. The van der Waals surface area contributed by atoms with Crippen molar-refractivity contribution >= 4 is 34.3 Å². The molecule has 6 heteroatoms. The lowest BCUT2D eigenvalue weighted by atomic mass is 10.0. The first-order valence-corrected chi connectivity index (χ1v) is 10.5. The normalized spacial score (nSPS) is 10.7. The molecule has 0 bridgehead atoms. The third-order valence-electron chi connectivity index (χ3n) is 4.82. The monoisotopic (exact) mass is 414 g/mol. The zero-order valence-electron chi connectivity index (χ0n) is 16.9. The molecule has 0 atom stereocenters. The van der Waals surface area contributed by atoms with Crippen molar-refractivity contribution in [3.8, 4) is 0 Å². The summed E-state index contributed by atoms with van der Waals surface area (Å²) in [6.07, 6.45) is 3.45. The largest absolute Gasteiger partial charge is 0.323 e. The Morgan fingerprint density at radius 1 is 1.00 bits per heavy atom. The van der Waals surface area contributed by atoms with E-state index in [0.717, 1.165) is 21.7 Å². The SMILES string of the molecule is Cc1cc(Sc2ncccn2)ccc1NC(=O)N(C)Cc1cccc2ccccc12. The standard InChI is InChI=1S/C24H22N4OS/c1-17-15-20(30-23-25-13-6-14-26-23)11-12-22(17)27-24(29)28(2)16-19-9-5-8-18-7-3-4-10-21(18)19/h3-15H,16H2,1-2H3,(H,27,29). The maximum absolute atomic E-state index is 12.8. The molecule has 30 heavy (non-hydrogen) atoms. The lowest BCUT2D eigenvalue weighted by Crippen LogP contribution is -2.31. The van der Waals surface area contributed by atoms with E-state index in [1.165, 1.54) is 22.5 Å². The number of aryl methyl sites for hydroxylation is 1. The van der Waals surface area contributed by atoms with Crippen LogP contribution in [0.25, 0.3) is 10.8 Å². The van der Waals surface area contributed by atoms with Gasteiger partial charge >= 0.3 is 6.03 Å². The molecule has 0 saturated heterocycles. The number of aromatic nitrogens is 2. The Bertz CT molecular complexity index is 1170. The summed E-state index contributed by atoms with van der Waals surface area (Å²) in [5, 5.41) is 6.06. The summed E-state index contributed by atoms with van der Waals surface area (Å²) in [4.78, 5) is 24.0.